The van der Waals surface area contributed by atoms with Crippen molar-refractivity contribution in [3.05, 3.63) is 48.3 Å². The fraction of sp³-hybridized carbons (Fsp3) is 0.500. The molecule has 6 nitrogen and oxygen atoms in total. The number of rotatable bonds is 10. The Morgan fingerprint density at radius 1 is 1.30 bits per heavy atom. The molecular formula is C20H30FN5O. The van der Waals surface area contributed by atoms with E-state index in [9.17, 15) is 4.39 Å². The van der Waals surface area contributed by atoms with Crippen LogP contribution in [0.1, 0.15) is 32.0 Å². The molecule has 7 heteroatoms. The van der Waals surface area contributed by atoms with Crippen LogP contribution in [0.25, 0.3) is 0 Å². The van der Waals surface area contributed by atoms with Gasteiger partial charge in [-0.25, -0.2) is 9.37 Å². The van der Waals surface area contributed by atoms with Crippen LogP contribution in [0.15, 0.2) is 41.7 Å². The van der Waals surface area contributed by atoms with E-state index >= 15 is 0 Å². The molecule has 2 N–H and O–H groups in total. The zero-order valence-corrected chi connectivity index (χ0v) is 16.4. The van der Waals surface area contributed by atoms with Crippen molar-refractivity contribution in [2.45, 2.75) is 45.8 Å². The third kappa shape index (κ3) is 6.92. The molecule has 0 saturated heterocycles. The van der Waals surface area contributed by atoms with Crippen LogP contribution in [0.3, 0.4) is 0 Å². The lowest BCUT2D eigenvalue weighted by Gasteiger charge is -2.20. The SMILES string of the molecule is CCC(CNC(=NC)NCCCCn1ccnc1C)Oc1ccccc1F. The summed E-state index contributed by atoms with van der Waals surface area (Å²) < 4.78 is 21.6. The van der Waals surface area contributed by atoms with Gasteiger partial charge in [0.25, 0.3) is 0 Å². The first-order valence-corrected chi connectivity index (χ1v) is 9.47. The van der Waals surface area contributed by atoms with Crippen molar-refractivity contribution in [1.82, 2.24) is 20.2 Å². The number of benzene rings is 1. The number of hydrogen-bond donors (Lipinski definition) is 2. The first-order valence-electron chi connectivity index (χ1n) is 9.47. The molecule has 1 atom stereocenters. The Balaban J connectivity index is 1.67. The van der Waals surface area contributed by atoms with Gasteiger partial charge in [-0.2, -0.15) is 0 Å². The number of aromatic nitrogens is 2. The average Bonchev–Trinajstić information content (AvgIpc) is 3.09. The number of unbranched alkanes of at least 4 members (excludes halogenated alkanes) is 1. The smallest absolute Gasteiger partial charge is 0.191 e. The lowest BCUT2D eigenvalue weighted by Crippen LogP contribution is -2.42. The van der Waals surface area contributed by atoms with E-state index < -0.39 is 0 Å². The molecule has 1 heterocycles. The maximum Gasteiger partial charge on any atom is 0.191 e. The second-order valence-corrected chi connectivity index (χ2v) is 6.33. The number of nitrogens with one attached hydrogen (secondary N) is 2. The summed E-state index contributed by atoms with van der Waals surface area (Å²) >= 11 is 0. The largest absolute Gasteiger partial charge is 0.486 e. The van der Waals surface area contributed by atoms with E-state index in [1.807, 2.05) is 26.2 Å². The Kier molecular flexibility index (Phi) is 8.61. The van der Waals surface area contributed by atoms with Gasteiger partial charge in [-0.1, -0.05) is 19.1 Å². The first-order chi connectivity index (χ1) is 13.1. The summed E-state index contributed by atoms with van der Waals surface area (Å²) in [4.78, 5) is 8.45. The van der Waals surface area contributed by atoms with Crippen molar-refractivity contribution >= 4 is 5.96 Å². The maximum absolute atomic E-state index is 13.7. The minimum absolute atomic E-state index is 0.135. The molecule has 2 aromatic rings. The van der Waals surface area contributed by atoms with E-state index in [1.54, 1.807) is 25.2 Å². The van der Waals surface area contributed by atoms with Gasteiger partial charge >= 0.3 is 0 Å². The number of halogens is 1. The lowest BCUT2D eigenvalue weighted by atomic mass is 10.2. The van der Waals surface area contributed by atoms with Crippen molar-refractivity contribution in [1.29, 1.82) is 0 Å². The summed E-state index contributed by atoms with van der Waals surface area (Å²) in [5.41, 5.74) is 0. The van der Waals surface area contributed by atoms with Crippen LogP contribution < -0.4 is 15.4 Å². The molecule has 148 valence electrons. The number of para-hydroxylation sites is 1. The molecule has 0 fully saturated rings. The predicted octanol–water partition coefficient (Wildman–Crippen LogP) is 3.13. The summed E-state index contributed by atoms with van der Waals surface area (Å²) in [6.45, 7) is 6.38. The van der Waals surface area contributed by atoms with Crippen LogP contribution in [-0.4, -0.2) is 41.8 Å². The number of ether oxygens (including phenoxy) is 1. The monoisotopic (exact) mass is 375 g/mol. The number of hydrogen-bond acceptors (Lipinski definition) is 3. The predicted molar refractivity (Wildman–Crippen MR) is 107 cm³/mol. The number of aliphatic imine (C=N–C) groups is 1. The van der Waals surface area contributed by atoms with Crippen molar-refractivity contribution in [3.8, 4) is 5.75 Å². The van der Waals surface area contributed by atoms with Crippen molar-refractivity contribution < 1.29 is 9.13 Å². The first kappa shape index (κ1) is 20.7. The van der Waals surface area contributed by atoms with Crippen LogP contribution in [-0.2, 0) is 6.54 Å². The highest BCUT2D eigenvalue weighted by atomic mass is 19.1. The van der Waals surface area contributed by atoms with Crippen molar-refractivity contribution in [2.24, 2.45) is 4.99 Å². The number of guanidine groups is 1. The van der Waals surface area contributed by atoms with Gasteiger partial charge < -0.3 is 19.9 Å². The highest BCUT2D eigenvalue weighted by molar-refractivity contribution is 5.79. The van der Waals surface area contributed by atoms with Crippen molar-refractivity contribution in [3.63, 3.8) is 0 Å². The van der Waals surface area contributed by atoms with Gasteiger partial charge in [-0.15, -0.1) is 0 Å². The number of aryl methyl sites for hydroxylation is 2. The molecule has 0 radical (unpaired) electrons. The molecule has 1 unspecified atom stereocenters. The molecule has 0 aliphatic heterocycles. The van der Waals surface area contributed by atoms with Crippen LogP contribution in [0.2, 0.25) is 0 Å². The number of imidazole rings is 1. The fourth-order valence-corrected chi connectivity index (χ4v) is 2.67. The number of nitrogens with zero attached hydrogens (tertiary/aromatic N) is 3. The molecule has 0 spiro atoms. The van der Waals surface area contributed by atoms with E-state index in [0.29, 0.717) is 6.54 Å². The molecule has 0 saturated carbocycles. The minimum atomic E-state index is -0.341. The van der Waals surface area contributed by atoms with Gasteiger partial charge in [0.1, 0.15) is 11.9 Å². The van der Waals surface area contributed by atoms with Crippen LogP contribution >= 0.6 is 0 Å². The highest BCUT2D eigenvalue weighted by Crippen LogP contribution is 2.17. The summed E-state index contributed by atoms with van der Waals surface area (Å²) in [7, 11) is 1.74. The Labute approximate surface area is 160 Å². The second-order valence-electron chi connectivity index (χ2n) is 6.33. The van der Waals surface area contributed by atoms with E-state index in [4.69, 9.17) is 4.74 Å². The summed E-state index contributed by atoms with van der Waals surface area (Å²) in [6.07, 6.45) is 6.56. The van der Waals surface area contributed by atoms with E-state index in [-0.39, 0.29) is 17.7 Å². The summed E-state index contributed by atoms with van der Waals surface area (Å²) in [5, 5.41) is 6.55. The zero-order chi connectivity index (χ0) is 19.5. The Morgan fingerprint density at radius 3 is 2.78 bits per heavy atom. The summed E-state index contributed by atoms with van der Waals surface area (Å²) in [5.74, 6) is 1.71. The van der Waals surface area contributed by atoms with Gasteiger partial charge in [0.05, 0.1) is 6.54 Å². The molecule has 2 rings (SSSR count). The molecule has 0 amide bonds. The second kappa shape index (κ2) is 11.2. The molecule has 1 aromatic carbocycles. The summed E-state index contributed by atoms with van der Waals surface area (Å²) in [6, 6.07) is 6.47. The van der Waals surface area contributed by atoms with Gasteiger partial charge in [0.2, 0.25) is 0 Å². The van der Waals surface area contributed by atoms with Crippen LogP contribution in [0.4, 0.5) is 4.39 Å². The van der Waals surface area contributed by atoms with Gasteiger partial charge in [0, 0.05) is 32.5 Å². The molecule has 0 aliphatic carbocycles. The Morgan fingerprint density at radius 2 is 2.11 bits per heavy atom. The molecule has 1 aromatic heterocycles. The van der Waals surface area contributed by atoms with Gasteiger partial charge in [-0.3, -0.25) is 4.99 Å². The molecular weight excluding hydrogens is 345 g/mol. The average molecular weight is 375 g/mol. The highest BCUT2D eigenvalue weighted by Gasteiger charge is 2.11. The standard InChI is InChI=1S/C20H30FN5O/c1-4-17(27-19-10-6-5-9-18(19)21)15-25-20(22-3)24-11-7-8-13-26-14-12-23-16(26)2/h5-6,9-10,12,14,17H,4,7-8,11,13,15H2,1-3H3,(H2,22,24,25). The van der Waals surface area contributed by atoms with Gasteiger partial charge in [-0.05, 0) is 38.3 Å². The third-order valence-electron chi connectivity index (χ3n) is 4.35. The van der Waals surface area contributed by atoms with E-state index in [2.05, 4.69) is 25.2 Å². The normalized spacial score (nSPS) is 12.7. The quantitative estimate of drug-likeness (QED) is 0.380. The Bertz CT molecular complexity index is 716. The molecule has 27 heavy (non-hydrogen) atoms. The maximum atomic E-state index is 13.7. The molecule has 0 aliphatic rings. The minimum Gasteiger partial charge on any atom is -0.486 e. The van der Waals surface area contributed by atoms with Gasteiger partial charge in [0.15, 0.2) is 17.5 Å². The van der Waals surface area contributed by atoms with E-state index in [1.165, 1.54) is 6.07 Å². The molecule has 0 bridgehead atoms. The van der Waals surface area contributed by atoms with Crippen LogP contribution in [0, 0.1) is 12.7 Å². The van der Waals surface area contributed by atoms with Crippen molar-refractivity contribution in [2.75, 3.05) is 20.1 Å². The fourth-order valence-electron chi connectivity index (χ4n) is 2.67. The topological polar surface area (TPSA) is 63.5 Å². The van der Waals surface area contributed by atoms with E-state index in [0.717, 1.165) is 44.1 Å². The Hall–Kier alpha value is -2.57. The third-order valence-corrected chi connectivity index (χ3v) is 4.35. The zero-order valence-electron chi connectivity index (χ0n) is 16.4. The lowest BCUT2D eigenvalue weighted by molar-refractivity contribution is 0.191. The van der Waals surface area contributed by atoms with Crippen LogP contribution in [0.5, 0.6) is 5.75 Å².